The van der Waals surface area contributed by atoms with Crippen LogP contribution in [0.5, 0.6) is 0 Å². The van der Waals surface area contributed by atoms with Gasteiger partial charge in [0.15, 0.2) is 0 Å². The van der Waals surface area contributed by atoms with Gasteiger partial charge in [-0.2, -0.15) is 0 Å². The quantitative estimate of drug-likeness (QED) is 0.709. The maximum absolute atomic E-state index is 11.5. The van der Waals surface area contributed by atoms with Crippen molar-refractivity contribution < 1.29 is 9.59 Å². The Labute approximate surface area is 87.7 Å². The SMILES string of the molecule is CCc1ccccc1C1NC(=O)NC1=O. The summed E-state index contributed by atoms with van der Waals surface area (Å²) in [6.45, 7) is 2.02. The van der Waals surface area contributed by atoms with Gasteiger partial charge in [0.1, 0.15) is 6.04 Å². The molecule has 1 aliphatic heterocycles. The maximum Gasteiger partial charge on any atom is 0.322 e. The summed E-state index contributed by atoms with van der Waals surface area (Å²) in [5.41, 5.74) is 1.96. The summed E-state index contributed by atoms with van der Waals surface area (Å²) < 4.78 is 0. The Hall–Kier alpha value is -1.84. The van der Waals surface area contributed by atoms with E-state index in [1.807, 2.05) is 31.2 Å². The first-order valence-electron chi connectivity index (χ1n) is 4.91. The highest BCUT2D eigenvalue weighted by Crippen LogP contribution is 2.21. The number of hydrogen-bond donors (Lipinski definition) is 2. The number of urea groups is 1. The molecule has 0 aromatic heterocycles. The number of nitrogens with one attached hydrogen (secondary N) is 2. The van der Waals surface area contributed by atoms with Crippen LogP contribution in [0.15, 0.2) is 24.3 Å². The van der Waals surface area contributed by atoms with Crippen molar-refractivity contribution in [2.45, 2.75) is 19.4 Å². The van der Waals surface area contributed by atoms with E-state index in [1.54, 1.807) is 0 Å². The molecular formula is C11H12N2O2. The second kappa shape index (κ2) is 3.73. The second-order valence-corrected chi connectivity index (χ2v) is 3.45. The molecule has 15 heavy (non-hydrogen) atoms. The van der Waals surface area contributed by atoms with Gasteiger partial charge >= 0.3 is 6.03 Å². The Morgan fingerprint density at radius 1 is 1.27 bits per heavy atom. The monoisotopic (exact) mass is 204 g/mol. The van der Waals surface area contributed by atoms with E-state index in [-0.39, 0.29) is 5.91 Å². The minimum absolute atomic E-state index is 0.277. The molecule has 1 aromatic carbocycles. The molecule has 0 bridgehead atoms. The number of carbonyl (C=O) groups is 2. The average Bonchev–Trinajstić information content (AvgIpc) is 2.57. The van der Waals surface area contributed by atoms with Gasteiger partial charge in [0.2, 0.25) is 0 Å². The number of benzene rings is 1. The smallest absolute Gasteiger partial charge is 0.322 e. The van der Waals surface area contributed by atoms with Crippen molar-refractivity contribution in [3.63, 3.8) is 0 Å². The molecule has 1 unspecified atom stereocenters. The van der Waals surface area contributed by atoms with E-state index < -0.39 is 12.1 Å². The van der Waals surface area contributed by atoms with Gasteiger partial charge in [-0.25, -0.2) is 4.79 Å². The molecule has 1 aromatic rings. The van der Waals surface area contributed by atoms with Crippen molar-refractivity contribution in [2.75, 3.05) is 0 Å². The molecule has 1 aliphatic rings. The fourth-order valence-corrected chi connectivity index (χ4v) is 1.77. The Bertz CT molecular complexity index is 415. The number of amides is 3. The molecule has 0 aliphatic carbocycles. The Kier molecular flexibility index (Phi) is 2.41. The van der Waals surface area contributed by atoms with Crippen LogP contribution < -0.4 is 10.6 Å². The zero-order chi connectivity index (χ0) is 10.8. The van der Waals surface area contributed by atoms with Gasteiger partial charge in [-0.3, -0.25) is 10.1 Å². The summed E-state index contributed by atoms with van der Waals surface area (Å²) in [5, 5.41) is 4.82. The van der Waals surface area contributed by atoms with Crippen LogP contribution >= 0.6 is 0 Å². The fourth-order valence-electron chi connectivity index (χ4n) is 1.77. The fraction of sp³-hybridized carbons (Fsp3) is 0.273. The van der Waals surface area contributed by atoms with E-state index in [0.29, 0.717) is 0 Å². The van der Waals surface area contributed by atoms with E-state index >= 15 is 0 Å². The summed E-state index contributed by atoms with van der Waals surface area (Å²) in [6, 6.07) is 6.68. The largest absolute Gasteiger partial charge is 0.322 e. The van der Waals surface area contributed by atoms with Gasteiger partial charge < -0.3 is 5.32 Å². The molecule has 0 saturated carbocycles. The van der Waals surface area contributed by atoms with Crippen molar-refractivity contribution in [1.82, 2.24) is 10.6 Å². The third-order valence-corrected chi connectivity index (χ3v) is 2.52. The van der Waals surface area contributed by atoms with Crippen LogP contribution in [0, 0.1) is 0 Å². The third kappa shape index (κ3) is 1.70. The van der Waals surface area contributed by atoms with Gasteiger partial charge in [-0.1, -0.05) is 31.2 Å². The first kappa shape index (κ1) is 9.71. The highest BCUT2D eigenvalue weighted by atomic mass is 16.2. The van der Waals surface area contributed by atoms with E-state index in [1.165, 1.54) is 0 Å². The van der Waals surface area contributed by atoms with E-state index in [9.17, 15) is 9.59 Å². The molecule has 0 radical (unpaired) electrons. The van der Waals surface area contributed by atoms with Gasteiger partial charge in [0, 0.05) is 0 Å². The lowest BCUT2D eigenvalue weighted by molar-refractivity contribution is -0.120. The number of imide groups is 1. The molecular weight excluding hydrogens is 192 g/mol. The van der Waals surface area contributed by atoms with Gasteiger partial charge in [0.25, 0.3) is 5.91 Å². The van der Waals surface area contributed by atoms with Crippen LogP contribution in [0.1, 0.15) is 24.1 Å². The Morgan fingerprint density at radius 3 is 2.60 bits per heavy atom. The third-order valence-electron chi connectivity index (χ3n) is 2.52. The molecule has 2 N–H and O–H groups in total. The Balaban J connectivity index is 2.37. The van der Waals surface area contributed by atoms with Crippen LogP contribution in [0.2, 0.25) is 0 Å². The van der Waals surface area contributed by atoms with Crippen LogP contribution in [0.25, 0.3) is 0 Å². The minimum atomic E-state index is -0.534. The second-order valence-electron chi connectivity index (χ2n) is 3.45. The Morgan fingerprint density at radius 2 is 2.00 bits per heavy atom. The van der Waals surface area contributed by atoms with Crippen LogP contribution in [0.3, 0.4) is 0 Å². The molecule has 78 valence electrons. The summed E-state index contributed by atoms with van der Waals surface area (Å²) in [6.07, 6.45) is 0.843. The van der Waals surface area contributed by atoms with Crippen molar-refractivity contribution in [3.8, 4) is 0 Å². The molecule has 1 fully saturated rings. The summed E-state index contributed by atoms with van der Waals surface area (Å²) >= 11 is 0. The summed E-state index contributed by atoms with van der Waals surface area (Å²) in [5.74, 6) is -0.277. The van der Waals surface area contributed by atoms with Crippen molar-refractivity contribution in [3.05, 3.63) is 35.4 Å². The average molecular weight is 204 g/mol. The van der Waals surface area contributed by atoms with Gasteiger partial charge in [-0.15, -0.1) is 0 Å². The number of hydrogen-bond acceptors (Lipinski definition) is 2. The predicted octanol–water partition coefficient (Wildman–Crippen LogP) is 1.13. The van der Waals surface area contributed by atoms with E-state index in [0.717, 1.165) is 17.5 Å². The number of aryl methyl sites for hydroxylation is 1. The molecule has 3 amide bonds. The number of carbonyl (C=O) groups excluding carboxylic acids is 2. The lowest BCUT2D eigenvalue weighted by Crippen LogP contribution is -2.22. The normalized spacial score (nSPS) is 19.9. The number of rotatable bonds is 2. The zero-order valence-corrected chi connectivity index (χ0v) is 8.41. The van der Waals surface area contributed by atoms with Gasteiger partial charge in [0.05, 0.1) is 0 Å². The molecule has 4 heteroatoms. The first-order chi connectivity index (χ1) is 7.22. The van der Waals surface area contributed by atoms with Crippen molar-refractivity contribution >= 4 is 11.9 Å². The van der Waals surface area contributed by atoms with Gasteiger partial charge in [-0.05, 0) is 17.5 Å². The molecule has 4 nitrogen and oxygen atoms in total. The van der Waals surface area contributed by atoms with E-state index in [4.69, 9.17) is 0 Å². The van der Waals surface area contributed by atoms with Crippen molar-refractivity contribution in [2.24, 2.45) is 0 Å². The molecule has 2 rings (SSSR count). The highest BCUT2D eigenvalue weighted by Gasteiger charge is 2.31. The molecule has 1 saturated heterocycles. The maximum atomic E-state index is 11.5. The minimum Gasteiger partial charge on any atom is -0.322 e. The highest BCUT2D eigenvalue weighted by molar-refractivity contribution is 6.04. The first-order valence-corrected chi connectivity index (χ1v) is 4.91. The summed E-state index contributed by atoms with van der Waals surface area (Å²) in [4.78, 5) is 22.5. The molecule has 1 atom stereocenters. The lowest BCUT2D eigenvalue weighted by Gasteiger charge is -2.11. The standard InChI is InChI=1S/C11H12N2O2/c1-2-7-5-3-4-6-8(7)9-10(14)13-11(15)12-9/h3-6,9H,2H2,1H3,(H2,12,13,14,15). The van der Waals surface area contributed by atoms with Crippen LogP contribution in [0.4, 0.5) is 4.79 Å². The van der Waals surface area contributed by atoms with Crippen molar-refractivity contribution in [1.29, 1.82) is 0 Å². The summed E-state index contributed by atoms with van der Waals surface area (Å²) in [7, 11) is 0. The topological polar surface area (TPSA) is 58.2 Å². The molecule has 0 spiro atoms. The van der Waals surface area contributed by atoms with Crippen LogP contribution in [-0.2, 0) is 11.2 Å². The van der Waals surface area contributed by atoms with Crippen LogP contribution in [-0.4, -0.2) is 11.9 Å². The molecule has 1 heterocycles. The zero-order valence-electron chi connectivity index (χ0n) is 8.41. The predicted molar refractivity (Wildman–Crippen MR) is 55.2 cm³/mol. The lowest BCUT2D eigenvalue weighted by atomic mass is 9.99. The van der Waals surface area contributed by atoms with E-state index in [2.05, 4.69) is 10.6 Å².